The Morgan fingerprint density at radius 1 is 1.40 bits per heavy atom. The van der Waals surface area contributed by atoms with Crippen LogP contribution in [-0.2, 0) is 0 Å². The summed E-state index contributed by atoms with van der Waals surface area (Å²) in [4.78, 5) is 24.5. The van der Waals surface area contributed by atoms with Crippen molar-refractivity contribution < 1.29 is 19.8 Å². The molecular formula is C13H17BrN2O4. The third-order valence-corrected chi connectivity index (χ3v) is 3.40. The number of aliphatic hydroxyl groups is 1. The molecule has 110 valence electrons. The van der Waals surface area contributed by atoms with Crippen LogP contribution in [-0.4, -0.2) is 46.8 Å². The fourth-order valence-corrected chi connectivity index (χ4v) is 1.96. The SMILES string of the molecule is CCN(CCCO)C(=O)Nc1cc(C(=O)O)ccc1Br. The Labute approximate surface area is 125 Å². The van der Waals surface area contributed by atoms with E-state index in [9.17, 15) is 9.59 Å². The van der Waals surface area contributed by atoms with Gasteiger partial charge in [-0.05, 0) is 47.5 Å². The molecule has 0 aliphatic heterocycles. The van der Waals surface area contributed by atoms with Crippen LogP contribution in [0.25, 0.3) is 0 Å². The number of carbonyl (C=O) groups excluding carboxylic acids is 1. The summed E-state index contributed by atoms with van der Waals surface area (Å²) in [6, 6.07) is 4.09. The van der Waals surface area contributed by atoms with Crippen molar-refractivity contribution in [3.63, 3.8) is 0 Å². The molecular weight excluding hydrogens is 328 g/mol. The Morgan fingerprint density at radius 3 is 2.65 bits per heavy atom. The maximum absolute atomic E-state index is 12.0. The van der Waals surface area contributed by atoms with E-state index in [1.54, 1.807) is 6.07 Å². The third-order valence-electron chi connectivity index (χ3n) is 2.71. The van der Waals surface area contributed by atoms with Crippen LogP contribution in [0.4, 0.5) is 10.5 Å². The summed E-state index contributed by atoms with van der Waals surface area (Å²) in [7, 11) is 0. The number of nitrogens with zero attached hydrogens (tertiary/aromatic N) is 1. The average molecular weight is 345 g/mol. The van der Waals surface area contributed by atoms with Gasteiger partial charge in [-0.1, -0.05) is 0 Å². The molecule has 1 aromatic rings. The molecule has 0 aromatic heterocycles. The van der Waals surface area contributed by atoms with Crippen LogP contribution in [0.1, 0.15) is 23.7 Å². The predicted molar refractivity (Wildman–Crippen MR) is 79.1 cm³/mol. The van der Waals surface area contributed by atoms with Gasteiger partial charge in [0.25, 0.3) is 0 Å². The van der Waals surface area contributed by atoms with Crippen LogP contribution >= 0.6 is 15.9 Å². The quantitative estimate of drug-likeness (QED) is 0.738. The van der Waals surface area contributed by atoms with Gasteiger partial charge in [-0.3, -0.25) is 0 Å². The van der Waals surface area contributed by atoms with Crippen LogP contribution in [0.3, 0.4) is 0 Å². The normalized spacial score (nSPS) is 10.2. The van der Waals surface area contributed by atoms with Crippen LogP contribution in [0.2, 0.25) is 0 Å². The highest BCUT2D eigenvalue weighted by molar-refractivity contribution is 9.10. The second kappa shape index (κ2) is 7.86. The van der Waals surface area contributed by atoms with Gasteiger partial charge in [0.1, 0.15) is 0 Å². The van der Waals surface area contributed by atoms with Gasteiger partial charge in [0.05, 0.1) is 11.3 Å². The lowest BCUT2D eigenvalue weighted by atomic mass is 10.2. The number of nitrogens with one attached hydrogen (secondary N) is 1. The van der Waals surface area contributed by atoms with Crippen LogP contribution in [0.15, 0.2) is 22.7 Å². The monoisotopic (exact) mass is 344 g/mol. The first-order valence-electron chi connectivity index (χ1n) is 6.19. The van der Waals surface area contributed by atoms with E-state index >= 15 is 0 Å². The van der Waals surface area contributed by atoms with Crippen molar-refractivity contribution >= 4 is 33.6 Å². The van der Waals surface area contributed by atoms with Gasteiger partial charge in [0, 0.05) is 24.2 Å². The van der Waals surface area contributed by atoms with Gasteiger partial charge < -0.3 is 20.4 Å². The Hall–Kier alpha value is -1.60. The average Bonchev–Trinajstić information content (AvgIpc) is 2.41. The minimum atomic E-state index is -1.05. The molecule has 3 N–H and O–H groups in total. The summed E-state index contributed by atoms with van der Waals surface area (Å²) in [5.74, 6) is -1.05. The molecule has 20 heavy (non-hydrogen) atoms. The smallest absolute Gasteiger partial charge is 0.335 e. The Kier molecular flexibility index (Phi) is 6.47. The number of halogens is 1. The molecule has 2 amide bonds. The highest BCUT2D eigenvalue weighted by Crippen LogP contribution is 2.24. The number of carboxylic acid groups (broad SMARTS) is 1. The van der Waals surface area contributed by atoms with Gasteiger partial charge in [0.15, 0.2) is 0 Å². The fraction of sp³-hybridized carbons (Fsp3) is 0.385. The third kappa shape index (κ3) is 4.50. The molecule has 0 radical (unpaired) electrons. The number of carboxylic acids is 1. The second-order valence-electron chi connectivity index (χ2n) is 4.09. The second-order valence-corrected chi connectivity index (χ2v) is 4.94. The van der Waals surface area contributed by atoms with Crippen molar-refractivity contribution in [1.82, 2.24) is 4.90 Å². The van der Waals surface area contributed by atoms with E-state index in [4.69, 9.17) is 10.2 Å². The summed E-state index contributed by atoms with van der Waals surface area (Å²) >= 11 is 3.27. The summed E-state index contributed by atoms with van der Waals surface area (Å²) in [6.07, 6.45) is 0.498. The molecule has 0 unspecified atom stereocenters. The van der Waals surface area contributed by atoms with Crippen molar-refractivity contribution in [2.45, 2.75) is 13.3 Å². The number of anilines is 1. The number of rotatable bonds is 6. The molecule has 0 bridgehead atoms. The zero-order valence-electron chi connectivity index (χ0n) is 11.1. The molecule has 1 aromatic carbocycles. The van der Waals surface area contributed by atoms with Gasteiger partial charge in [-0.15, -0.1) is 0 Å². The summed E-state index contributed by atoms with van der Waals surface area (Å²) < 4.78 is 0.606. The van der Waals surface area contributed by atoms with Crippen molar-refractivity contribution in [3.8, 4) is 0 Å². The minimum Gasteiger partial charge on any atom is -0.478 e. The van der Waals surface area contributed by atoms with E-state index in [0.717, 1.165) is 0 Å². The summed E-state index contributed by atoms with van der Waals surface area (Å²) in [5.41, 5.74) is 0.499. The predicted octanol–water partition coefficient (Wildman–Crippen LogP) is 2.38. The molecule has 0 saturated carbocycles. The number of aliphatic hydroxyl groups excluding tert-OH is 1. The zero-order chi connectivity index (χ0) is 15.1. The molecule has 0 fully saturated rings. The molecule has 0 atom stereocenters. The first kappa shape index (κ1) is 16.5. The van der Waals surface area contributed by atoms with E-state index in [1.165, 1.54) is 17.0 Å². The van der Waals surface area contributed by atoms with E-state index in [2.05, 4.69) is 21.2 Å². The van der Waals surface area contributed by atoms with E-state index in [-0.39, 0.29) is 18.2 Å². The Balaban J connectivity index is 2.83. The van der Waals surface area contributed by atoms with Gasteiger partial charge in [0.2, 0.25) is 0 Å². The molecule has 0 heterocycles. The summed E-state index contributed by atoms with van der Waals surface area (Å²) in [5, 5.41) is 20.4. The lowest BCUT2D eigenvalue weighted by Crippen LogP contribution is -2.36. The van der Waals surface area contributed by atoms with E-state index in [1.807, 2.05) is 6.92 Å². The van der Waals surface area contributed by atoms with Crippen molar-refractivity contribution in [2.24, 2.45) is 0 Å². The van der Waals surface area contributed by atoms with Crippen LogP contribution in [0, 0.1) is 0 Å². The number of carbonyl (C=O) groups is 2. The highest BCUT2D eigenvalue weighted by Gasteiger charge is 2.14. The van der Waals surface area contributed by atoms with E-state index < -0.39 is 5.97 Å². The molecule has 0 saturated heterocycles. The zero-order valence-corrected chi connectivity index (χ0v) is 12.7. The largest absolute Gasteiger partial charge is 0.478 e. The number of hydrogen-bond acceptors (Lipinski definition) is 3. The van der Waals surface area contributed by atoms with Gasteiger partial charge in [-0.25, -0.2) is 9.59 Å². The lowest BCUT2D eigenvalue weighted by molar-refractivity contribution is 0.0697. The molecule has 1 rings (SSSR count). The van der Waals surface area contributed by atoms with Crippen molar-refractivity contribution in [2.75, 3.05) is 25.0 Å². The number of benzene rings is 1. The maximum Gasteiger partial charge on any atom is 0.335 e. The Bertz CT molecular complexity index is 493. The molecule has 7 heteroatoms. The van der Waals surface area contributed by atoms with Crippen LogP contribution < -0.4 is 5.32 Å². The molecule has 0 spiro atoms. The maximum atomic E-state index is 12.0. The number of aromatic carboxylic acids is 1. The number of hydrogen-bond donors (Lipinski definition) is 3. The standard InChI is InChI=1S/C13H17BrN2O4/c1-2-16(6-3-7-17)13(20)15-11-8-9(12(18)19)4-5-10(11)14/h4-5,8,17H,2-3,6-7H2,1H3,(H,15,20)(H,18,19). The number of amides is 2. The number of urea groups is 1. The topological polar surface area (TPSA) is 89.9 Å². The van der Waals surface area contributed by atoms with Crippen molar-refractivity contribution in [3.05, 3.63) is 28.2 Å². The summed E-state index contributed by atoms with van der Waals surface area (Å²) in [6.45, 7) is 2.79. The van der Waals surface area contributed by atoms with E-state index in [0.29, 0.717) is 29.7 Å². The molecule has 6 nitrogen and oxygen atoms in total. The van der Waals surface area contributed by atoms with Gasteiger partial charge >= 0.3 is 12.0 Å². The fourth-order valence-electron chi connectivity index (χ4n) is 1.61. The Morgan fingerprint density at radius 2 is 2.10 bits per heavy atom. The first-order valence-corrected chi connectivity index (χ1v) is 6.98. The lowest BCUT2D eigenvalue weighted by Gasteiger charge is -2.21. The van der Waals surface area contributed by atoms with Gasteiger partial charge in [-0.2, -0.15) is 0 Å². The minimum absolute atomic E-state index is 0.0158. The highest BCUT2D eigenvalue weighted by atomic mass is 79.9. The molecule has 0 aliphatic rings. The molecule has 0 aliphatic carbocycles. The van der Waals surface area contributed by atoms with Crippen LogP contribution in [0.5, 0.6) is 0 Å². The first-order chi connectivity index (χ1) is 9.49. The van der Waals surface area contributed by atoms with Crippen molar-refractivity contribution in [1.29, 1.82) is 0 Å².